The van der Waals surface area contributed by atoms with Crippen molar-refractivity contribution in [3.63, 3.8) is 0 Å². The van der Waals surface area contributed by atoms with Crippen molar-refractivity contribution in [2.45, 2.75) is 31.8 Å². The number of rotatable bonds is 7. The van der Waals surface area contributed by atoms with Crippen LogP contribution in [0.3, 0.4) is 0 Å². The number of carbonyl (C=O) groups excluding carboxylic acids is 1. The van der Waals surface area contributed by atoms with Crippen molar-refractivity contribution >= 4 is 11.9 Å². The summed E-state index contributed by atoms with van der Waals surface area (Å²) in [6.07, 6.45) is 2.35. The van der Waals surface area contributed by atoms with Gasteiger partial charge in [-0.3, -0.25) is 9.59 Å². The molecule has 6 heteroatoms. The Kier molecular flexibility index (Phi) is 4.42. The lowest BCUT2D eigenvalue weighted by molar-refractivity contribution is -0.163. The number of carboxylic acids is 1. The normalized spacial score (nSPS) is 21.6. The number of nitrogens with zero attached hydrogens (tertiary/aromatic N) is 1. The summed E-state index contributed by atoms with van der Waals surface area (Å²) in [6.45, 7) is 2.21. The summed E-state index contributed by atoms with van der Waals surface area (Å²) in [5.74, 6) is -0.894. The van der Waals surface area contributed by atoms with E-state index in [1.54, 1.807) is 12.0 Å². The summed E-state index contributed by atoms with van der Waals surface area (Å²) >= 11 is 0. The maximum atomic E-state index is 12.0. The van der Waals surface area contributed by atoms with Gasteiger partial charge in [-0.2, -0.15) is 0 Å². The number of carbonyl (C=O) groups is 2. The van der Waals surface area contributed by atoms with E-state index in [-0.39, 0.29) is 18.4 Å². The zero-order valence-corrected chi connectivity index (χ0v) is 11.3. The number of aliphatic carboxylic acids is 1. The largest absolute Gasteiger partial charge is 0.481 e. The Bertz CT molecular complexity index is 347. The summed E-state index contributed by atoms with van der Waals surface area (Å²) in [6, 6.07) is 0. The van der Waals surface area contributed by atoms with Crippen molar-refractivity contribution in [2.75, 3.05) is 33.4 Å². The van der Waals surface area contributed by atoms with Gasteiger partial charge in [-0.25, -0.2) is 0 Å². The van der Waals surface area contributed by atoms with Crippen LogP contribution < -0.4 is 0 Å². The Morgan fingerprint density at radius 2 is 2.00 bits per heavy atom. The zero-order chi connectivity index (χ0) is 13.9. The number of methoxy groups -OCH3 is 1. The van der Waals surface area contributed by atoms with Crippen LogP contribution in [0, 0.1) is 5.41 Å². The number of hydrogen-bond acceptors (Lipinski definition) is 4. The highest BCUT2D eigenvalue weighted by atomic mass is 16.5. The monoisotopic (exact) mass is 271 g/mol. The van der Waals surface area contributed by atoms with Crippen LogP contribution in [0.5, 0.6) is 0 Å². The first-order chi connectivity index (χ1) is 9.07. The van der Waals surface area contributed by atoms with E-state index in [0.717, 1.165) is 6.42 Å². The standard InChI is InChI=1S/C13H21NO5/c1-18-5-6-19-10-8-14(9-10)11(15)7-13(12(16)17)3-2-4-13/h10H,2-9H2,1H3,(H,16,17). The minimum atomic E-state index is -0.833. The van der Waals surface area contributed by atoms with Gasteiger partial charge in [0.1, 0.15) is 0 Å². The lowest BCUT2D eigenvalue weighted by atomic mass is 9.66. The molecule has 1 aliphatic carbocycles. The summed E-state index contributed by atoms with van der Waals surface area (Å²) in [5, 5.41) is 9.19. The van der Waals surface area contributed by atoms with Crippen molar-refractivity contribution < 1.29 is 24.2 Å². The molecule has 0 bridgehead atoms. The summed E-state index contributed by atoms with van der Waals surface area (Å²) in [5.41, 5.74) is -0.793. The lowest BCUT2D eigenvalue weighted by Gasteiger charge is -2.43. The van der Waals surface area contributed by atoms with Crippen molar-refractivity contribution in [3.05, 3.63) is 0 Å². The first kappa shape index (κ1) is 14.3. The highest BCUT2D eigenvalue weighted by Crippen LogP contribution is 2.44. The Hall–Kier alpha value is -1.14. The van der Waals surface area contributed by atoms with E-state index in [0.29, 0.717) is 39.1 Å². The second-order valence-corrected chi connectivity index (χ2v) is 5.40. The van der Waals surface area contributed by atoms with Gasteiger partial charge in [0.2, 0.25) is 5.91 Å². The quantitative estimate of drug-likeness (QED) is 0.683. The molecule has 1 aliphatic heterocycles. The van der Waals surface area contributed by atoms with Gasteiger partial charge in [0.25, 0.3) is 0 Å². The highest BCUT2D eigenvalue weighted by molar-refractivity contribution is 5.86. The van der Waals surface area contributed by atoms with Crippen molar-refractivity contribution in [2.24, 2.45) is 5.41 Å². The van der Waals surface area contributed by atoms with E-state index in [1.807, 2.05) is 0 Å². The van der Waals surface area contributed by atoms with Gasteiger partial charge >= 0.3 is 5.97 Å². The third-order valence-electron chi connectivity index (χ3n) is 4.10. The molecular weight excluding hydrogens is 250 g/mol. The maximum absolute atomic E-state index is 12.0. The topological polar surface area (TPSA) is 76.1 Å². The third-order valence-corrected chi connectivity index (χ3v) is 4.10. The Balaban J connectivity index is 1.70. The molecule has 0 radical (unpaired) electrons. The predicted octanol–water partition coefficient (Wildman–Crippen LogP) is 0.505. The molecule has 2 aliphatic rings. The van der Waals surface area contributed by atoms with E-state index < -0.39 is 11.4 Å². The molecule has 19 heavy (non-hydrogen) atoms. The molecule has 1 saturated carbocycles. The van der Waals surface area contributed by atoms with Crippen LogP contribution in [-0.4, -0.2) is 61.4 Å². The lowest BCUT2D eigenvalue weighted by Crippen LogP contribution is -2.56. The van der Waals surface area contributed by atoms with Gasteiger partial charge in [-0.05, 0) is 12.8 Å². The molecule has 0 atom stereocenters. The number of likely N-dealkylation sites (tertiary alicyclic amines) is 1. The molecule has 1 N–H and O–H groups in total. The highest BCUT2D eigenvalue weighted by Gasteiger charge is 2.47. The number of carboxylic acid groups (broad SMARTS) is 1. The van der Waals surface area contributed by atoms with E-state index in [2.05, 4.69) is 0 Å². The fourth-order valence-corrected chi connectivity index (χ4v) is 2.52. The minimum Gasteiger partial charge on any atom is -0.481 e. The molecule has 0 aromatic carbocycles. The van der Waals surface area contributed by atoms with Gasteiger partial charge in [0.15, 0.2) is 0 Å². The number of amides is 1. The summed E-state index contributed by atoms with van der Waals surface area (Å²) in [7, 11) is 1.62. The Morgan fingerprint density at radius 1 is 1.32 bits per heavy atom. The summed E-state index contributed by atoms with van der Waals surface area (Å²) in [4.78, 5) is 24.9. The Labute approximate surface area is 112 Å². The molecule has 2 rings (SSSR count). The molecule has 0 unspecified atom stereocenters. The smallest absolute Gasteiger partial charge is 0.310 e. The molecule has 1 heterocycles. The zero-order valence-electron chi connectivity index (χ0n) is 11.3. The van der Waals surface area contributed by atoms with E-state index in [4.69, 9.17) is 9.47 Å². The SMILES string of the molecule is COCCOC1CN(C(=O)CC2(C(=O)O)CCC2)C1. The van der Waals surface area contributed by atoms with Crippen LogP contribution in [0.25, 0.3) is 0 Å². The molecule has 1 amide bonds. The van der Waals surface area contributed by atoms with Crippen molar-refractivity contribution in [1.82, 2.24) is 4.90 Å². The first-order valence-corrected chi connectivity index (χ1v) is 6.69. The van der Waals surface area contributed by atoms with Gasteiger partial charge in [0, 0.05) is 26.6 Å². The molecular formula is C13H21NO5. The fraction of sp³-hybridized carbons (Fsp3) is 0.846. The molecule has 1 saturated heterocycles. The third kappa shape index (κ3) is 3.06. The predicted molar refractivity (Wildman–Crippen MR) is 66.7 cm³/mol. The van der Waals surface area contributed by atoms with E-state index in [1.165, 1.54) is 0 Å². The molecule has 0 aromatic rings. The van der Waals surface area contributed by atoms with Gasteiger partial charge in [-0.15, -0.1) is 0 Å². The molecule has 2 fully saturated rings. The second kappa shape index (κ2) is 5.88. The van der Waals surface area contributed by atoms with Crippen LogP contribution >= 0.6 is 0 Å². The van der Waals surface area contributed by atoms with E-state index >= 15 is 0 Å². The van der Waals surface area contributed by atoms with Crippen molar-refractivity contribution in [1.29, 1.82) is 0 Å². The van der Waals surface area contributed by atoms with Crippen LogP contribution in [-0.2, 0) is 19.1 Å². The maximum Gasteiger partial charge on any atom is 0.310 e. The molecule has 6 nitrogen and oxygen atoms in total. The van der Waals surface area contributed by atoms with Gasteiger partial charge in [0.05, 0.1) is 24.7 Å². The number of ether oxygens (including phenoxy) is 2. The van der Waals surface area contributed by atoms with Crippen LogP contribution in [0.15, 0.2) is 0 Å². The van der Waals surface area contributed by atoms with Crippen LogP contribution in [0.2, 0.25) is 0 Å². The Morgan fingerprint density at radius 3 is 2.47 bits per heavy atom. The van der Waals surface area contributed by atoms with Crippen LogP contribution in [0.4, 0.5) is 0 Å². The molecule has 0 aromatic heterocycles. The minimum absolute atomic E-state index is 0.0614. The molecule has 0 spiro atoms. The second-order valence-electron chi connectivity index (χ2n) is 5.40. The van der Waals surface area contributed by atoms with E-state index in [9.17, 15) is 14.7 Å². The average Bonchev–Trinajstić information content (AvgIpc) is 2.25. The van der Waals surface area contributed by atoms with Crippen molar-refractivity contribution in [3.8, 4) is 0 Å². The average molecular weight is 271 g/mol. The van der Waals surface area contributed by atoms with Gasteiger partial charge in [-0.1, -0.05) is 6.42 Å². The fourth-order valence-electron chi connectivity index (χ4n) is 2.52. The summed E-state index contributed by atoms with van der Waals surface area (Å²) < 4.78 is 10.4. The molecule has 108 valence electrons. The van der Waals surface area contributed by atoms with Crippen LogP contribution in [0.1, 0.15) is 25.7 Å². The first-order valence-electron chi connectivity index (χ1n) is 6.69. The van der Waals surface area contributed by atoms with Gasteiger partial charge < -0.3 is 19.5 Å². The number of hydrogen-bond donors (Lipinski definition) is 1.